The van der Waals surface area contributed by atoms with Gasteiger partial charge >= 0.3 is 18.0 Å². The van der Waals surface area contributed by atoms with E-state index in [-0.39, 0.29) is 6.54 Å². The van der Waals surface area contributed by atoms with Gasteiger partial charge in [0, 0.05) is 33.1 Å². The maximum atomic E-state index is 11.9. The van der Waals surface area contributed by atoms with Crippen LogP contribution in [0.4, 0.5) is 4.79 Å². The van der Waals surface area contributed by atoms with Gasteiger partial charge in [0.15, 0.2) is 0 Å². The number of nitrogens with zero attached hydrogens (tertiary/aromatic N) is 1. The highest BCUT2D eigenvalue weighted by molar-refractivity contribution is 5.86. The second-order valence-corrected chi connectivity index (χ2v) is 5.13. The summed E-state index contributed by atoms with van der Waals surface area (Å²) in [5.74, 6) is -2.75. The van der Waals surface area contributed by atoms with Gasteiger partial charge in [-0.25, -0.2) is 9.59 Å². The molecule has 0 aliphatic carbocycles. The van der Waals surface area contributed by atoms with E-state index in [4.69, 9.17) is 14.9 Å². The normalized spacial score (nSPS) is 18.6. The molecule has 1 rings (SSSR count). The Hall–Kier alpha value is -1.87. The van der Waals surface area contributed by atoms with Crippen molar-refractivity contribution in [3.05, 3.63) is 0 Å². The molecule has 0 bridgehead atoms. The van der Waals surface area contributed by atoms with Crippen molar-refractivity contribution in [2.45, 2.75) is 30.9 Å². The standard InChI is InChI=1S/C12H20N2O7/c1-14(7-12(20)2-4-21-5-3-12)11(19)13-8(10(17)18)6-9(15)16/h8,20H,2-7H2,1H3,(H,13,19)(H,15,16)(H,17,18)/t8-/m0/s1. The van der Waals surface area contributed by atoms with E-state index in [1.807, 2.05) is 0 Å². The lowest BCUT2D eigenvalue weighted by molar-refractivity contribution is -0.145. The van der Waals surface area contributed by atoms with Crippen LogP contribution in [0.3, 0.4) is 0 Å². The van der Waals surface area contributed by atoms with E-state index in [1.165, 1.54) is 7.05 Å². The van der Waals surface area contributed by atoms with Crippen LogP contribution in [0, 0.1) is 0 Å². The minimum absolute atomic E-state index is 0.0155. The summed E-state index contributed by atoms with van der Waals surface area (Å²) in [6.07, 6.45) is 0.0389. The second-order valence-electron chi connectivity index (χ2n) is 5.13. The third kappa shape index (κ3) is 5.56. The highest BCUT2D eigenvalue weighted by Crippen LogP contribution is 2.21. The fraction of sp³-hybridized carbons (Fsp3) is 0.750. The van der Waals surface area contributed by atoms with Crippen molar-refractivity contribution in [1.29, 1.82) is 0 Å². The molecule has 0 spiro atoms. The predicted octanol–water partition coefficient (Wildman–Crippen LogP) is -0.903. The Labute approximate surface area is 121 Å². The number of aliphatic carboxylic acids is 2. The molecule has 2 amide bonds. The van der Waals surface area contributed by atoms with Crippen LogP contribution in [-0.4, -0.2) is 76.6 Å². The van der Waals surface area contributed by atoms with E-state index in [0.717, 1.165) is 4.90 Å². The molecule has 0 saturated carbocycles. The topological polar surface area (TPSA) is 136 Å². The smallest absolute Gasteiger partial charge is 0.326 e. The largest absolute Gasteiger partial charge is 0.481 e. The minimum Gasteiger partial charge on any atom is -0.481 e. The van der Waals surface area contributed by atoms with E-state index in [9.17, 15) is 19.5 Å². The van der Waals surface area contributed by atoms with Crippen LogP contribution in [0.2, 0.25) is 0 Å². The predicted molar refractivity (Wildman–Crippen MR) is 69.8 cm³/mol. The average Bonchev–Trinajstić information content (AvgIpc) is 2.37. The van der Waals surface area contributed by atoms with E-state index in [0.29, 0.717) is 26.1 Å². The van der Waals surface area contributed by atoms with Crippen LogP contribution in [0.25, 0.3) is 0 Å². The Morgan fingerprint density at radius 1 is 1.29 bits per heavy atom. The van der Waals surface area contributed by atoms with E-state index < -0.39 is 36.0 Å². The fourth-order valence-electron chi connectivity index (χ4n) is 2.06. The first-order valence-corrected chi connectivity index (χ1v) is 6.50. The summed E-state index contributed by atoms with van der Waals surface area (Å²) in [6.45, 7) is 0.799. The number of nitrogens with one attached hydrogen (secondary N) is 1. The van der Waals surface area contributed by atoms with Crippen LogP contribution < -0.4 is 5.32 Å². The molecule has 1 fully saturated rings. The molecule has 0 aromatic heterocycles. The molecular weight excluding hydrogens is 284 g/mol. The molecule has 1 atom stereocenters. The van der Waals surface area contributed by atoms with Crippen LogP contribution in [0.15, 0.2) is 0 Å². The Morgan fingerprint density at radius 2 is 1.86 bits per heavy atom. The van der Waals surface area contributed by atoms with E-state index in [1.54, 1.807) is 0 Å². The zero-order chi connectivity index (χ0) is 16.0. The number of urea groups is 1. The van der Waals surface area contributed by atoms with Crippen molar-refractivity contribution in [3.8, 4) is 0 Å². The Bertz CT molecular complexity index is 406. The highest BCUT2D eigenvalue weighted by Gasteiger charge is 2.33. The number of aliphatic hydroxyl groups is 1. The molecular formula is C12H20N2O7. The molecule has 1 aliphatic heterocycles. The summed E-state index contributed by atoms with van der Waals surface area (Å²) in [5, 5.41) is 29.9. The molecule has 1 heterocycles. The maximum absolute atomic E-state index is 11.9. The monoisotopic (exact) mass is 304 g/mol. The van der Waals surface area contributed by atoms with Gasteiger partial charge in [-0.2, -0.15) is 0 Å². The molecule has 4 N–H and O–H groups in total. The summed E-state index contributed by atoms with van der Waals surface area (Å²) in [6, 6.07) is -2.26. The third-order valence-electron chi connectivity index (χ3n) is 3.28. The van der Waals surface area contributed by atoms with Gasteiger partial charge < -0.3 is 30.3 Å². The van der Waals surface area contributed by atoms with Crippen molar-refractivity contribution in [2.75, 3.05) is 26.8 Å². The maximum Gasteiger partial charge on any atom is 0.326 e. The van der Waals surface area contributed by atoms with E-state index in [2.05, 4.69) is 5.32 Å². The van der Waals surface area contributed by atoms with Gasteiger partial charge in [0.1, 0.15) is 6.04 Å². The minimum atomic E-state index is -1.51. The summed E-state index contributed by atoms with van der Waals surface area (Å²) >= 11 is 0. The zero-order valence-corrected chi connectivity index (χ0v) is 11.7. The molecule has 21 heavy (non-hydrogen) atoms. The molecule has 120 valence electrons. The first-order chi connectivity index (χ1) is 9.73. The SMILES string of the molecule is CN(CC1(O)CCOCC1)C(=O)N[C@@H](CC(=O)O)C(=O)O. The molecule has 1 saturated heterocycles. The number of carboxylic acids is 2. The number of carboxylic acid groups (broad SMARTS) is 2. The Morgan fingerprint density at radius 3 is 2.33 bits per heavy atom. The van der Waals surface area contributed by atoms with Crippen LogP contribution in [0.1, 0.15) is 19.3 Å². The first-order valence-electron chi connectivity index (χ1n) is 6.50. The lowest BCUT2D eigenvalue weighted by Gasteiger charge is -2.35. The molecule has 0 aromatic rings. The molecule has 9 nitrogen and oxygen atoms in total. The van der Waals surface area contributed by atoms with Gasteiger partial charge in [-0.3, -0.25) is 4.79 Å². The van der Waals surface area contributed by atoms with Crippen molar-refractivity contribution in [2.24, 2.45) is 0 Å². The number of carbonyl (C=O) groups is 3. The molecule has 9 heteroatoms. The quantitative estimate of drug-likeness (QED) is 0.499. The number of amides is 2. The number of ether oxygens (including phenoxy) is 1. The van der Waals surface area contributed by atoms with Crippen molar-refractivity contribution in [3.63, 3.8) is 0 Å². The molecule has 0 radical (unpaired) electrons. The van der Waals surface area contributed by atoms with Crippen LogP contribution in [-0.2, 0) is 14.3 Å². The average molecular weight is 304 g/mol. The van der Waals surface area contributed by atoms with Gasteiger partial charge in [-0.15, -0.1) is 0 Å². The summed E-state index contributed by atoms with van der Waals surface area (Å²) < 4.78 is 5.12. The van der Waals surface area contributed by atoms with Crippen molar-refractivity contribution >= 4 is 18.0 Å². The second kappa shape index (κ2) is 7.23. The third-order valence-corrected chi connectivity index (χ3v) is 3.28. The zero-order valence-electron chi connectivity index (χ0n) is 11.7. The Kier molecular flexibility index (Phi) is 5.91. The van der Waals surface area contributed by atoms with Crippen LogP contribution >= 0.6 is 0 Å². The van der Waals surface area contributed by atoms with Gasteiger partial charge in [0.2, 0.25) is 0 Å². The highest BCUT2D eigenvalue weighted by atomic mass is 16.5. The van der Waals surface area contributed by atoms with Crippen molar-refractivity contribution < 1.29 is 34.4 Å². The van der Waals surface area contributed by atoms with E-state index >= 15 is 0 Å². The van der Waals surface area contributed by atoms with Gasteiger partial charge in [-0.1, -0.05) is 0 Å². The molecule has 0 aromatic carbocycles. The number of carbonyl (C=O) groups excluding carboxylic acids is 1. The number of hydrogen-bond acceptors (Lipinski definition) is 5. The number of likely N-dealkylation sites (N-methyl/N-ethyl adjacent to an activating group) is 1. The molecule has 1 aliphatic rings. The summed E-state index contributed by atoms with van der Waals surface area (Å²) in [4.78, 5) is 34.4. The van der Waals surface area contributed by atoms with Gasteiger partial charge in [0.05, 0.1) is 18.6 Å². The Balaban J connectivity index is 2.56. The molecule has 0 unspecified atom stereocenters. The van der Waals surface area contributed by atoms with Crippen LogP contribution in [0.5, 0.6) is 0 Å². The summed E-state index contributed by atoms with van der Waals surface area (Å²) in [7, 11) is 1.41. The lowest BCUT2D eigenvalue weighted by Crippen LogP contribution is -2.53. The van der Waals surface area contributed by atoms with Gasteiger partial charge in [-0.05, 0) is 0 Å². The lowest BCUT2D eigenvalue weighted by atomic mass is 9.94. The van der Waals surface area contributed by atoms with Crippen molar-refractivity contribution in [1.82, 2.24) is 10.2 Å². The first kappa shape index (κ1) is 17.2. The van der Waals surface area contributed by atoms with Gasteiger partial charge in [0.25, 0.3) is 0 Å². The number of rotatable bonds is 6. The number of hydrogen-bond donors (Lipinski definition) is 4. The fourth-order valence-corrected chi connectivity index (χ4v) is 2.06. The summed E-state index contributed by atoms with van der Waals surface area (Å²) in [5.41, 5.74) is -1.07.